The lowest BCUT2D eigenvalue weighted by Gasteiger charge is -2.17. The first-order chi connectivity index (χ1) is 11.1. The molecule has 0 aliphatic carbocycles. The first kappa shape index (κ1) is 18.8. The summed E-state index contributed by atoms with van der Waals surface area (Å²) in [6.45, 7) is 6.11. The van der Waals surface area contributed by atoms with Gasteiger partial charge in [-0.2, -0.15) is 0 Å². The smallest absolute Gasteiger partial charge is 0.253 e. The average Bonchev–Trinajstić information content (AvgIpc) is 2.62. The summed E-state index contributed by atoms with van der Waals surface area (Å²) in [7, 11) is 5.18. The van der Waals surface area contributed by atoms with Crippen LogP contribution in [0.5, 0.6) is 5.75 Å². The summed E-state index contributed by atoms with van der Waals surface area (Å²) in [4.78, 5) is 14.0. The van der Waals surface area contributed by atoms with Crippen LogP contribution in [0.3, 0.4) is 0 Å². The van der Waals surface area contributed by atoms with Crippen molar-refractivity contribution < 1.29 is 9.53 Å². The van der Waals surface area contributed by atoms with Crippen molar-refractivity contribution >= 4 is 5.91 Å². The van der Waals surface area contributed by atoms with Gasteiger partial charge in [-0.15, -0.1) is 0 Å². The number of carbonyl (C=O) groups excluding carboxylic acids is 1. The molecule has 0 aromatic heterocycles. The second kappa shape index (κ2) is 8.99. The Kier molecular flexibility index (Phi) is 7.33. The fraction of sp³-hybridized carbons (Fsp3) is 0.350. The Morgan fingerprint density at radius 1 is 1.04 bits per heavy atom. The molecule has 1 amide bonds. The number of carbonyl (C=O) groups is 1. The van der Waals surface area contributed by atoms with Crippen molar-refractivity contribution in [1.82, 2.24) is 4.90 Å². The second-order valence-corrected chi connectivity index (χ2v) is 5.13. The van der Waals surface area contributed by atoms with Gasteiger partial charge >= 0.3 is 0 Å². The molecule has 2 rings (SSSR count). The van der Waals surface area contributed by atoms with Crippen LogP contribution in [0.4, 0.5) is 0 Å². The highest BCUT2D eigenvalue weighted by Gasteiger charge is 2.17. The maximum atomic E-state index is 12.4. The highest BCUT2D eigenvalue weighted by Crippen LogP contribution is 2.33. The third-order valence-corrected chi connectivity index (χ3v) is 3.53. The van der Waals surface area contributed by atoms with Gasteiger partial charge in [-0.05, 0) is 29.7 Å². The van der Waals surface area contributed by atoms with E-state index in [0.717, 1.165) is 23.3 Å². The van der Waals surface area contributed by atoms with Crippen molar-refractivity contribution in [2.75, 3.05) is 21.2 Å². The van der Waals surface area contributed by atoms with Crippen LogP contribution in [0.25, 0.3) is 11.1 Å². The van der Waals surface area contributed by atoms with Gasteiger partial charge in [0.05, 0.1) is 7.11 Å². The van der Waals surface area contributed by atoms with E-state index >= 15 is 0 Å². The number of methoxy groups -OCH3 is 1. The number of nitrogens with zero attached hydrogens (tertiary/aromatic N) is 1. The molecule has 2 aromatic rings. The number of hydrogen-bond acceptors (Lipinski definition) is 2. The van der Waals surface area contributed by atoms with Crippen LogP contribution >= 0.6 is 0 Å². The van der Waals surface area contributed by atoms with E-state index < -0.39 is 0 Å². The van der Waals surface area contributed by atoms with Gasteiger partial charge in [-0.3, -0.25) is 4.79 Å². The van der Waals surface area contributed by atoms with Gasteiger partial charge in [0.15, 0.2) is 0 Å². The molecular formula is C20H27NO2. The molecule has 0 N–H and O–H groups in total. The minimum absolute atomic E-state index is 0.00133. The molecule has 2 aromatic carbocycles. The van der Waals surface area contributed by atoms with Gasteiger partial charge in [0, 0.05) is 25.2 Å². The van der Waals surface area contributed by atoms with E-state index in [1.807, 2.05) is 50.2 Å². The predicted octanol–water partition coefficient (Wildman–Crippen LogP) is 4.65. The number of benzene rings is 2. The summed E-state index contributed by atoms with van der Waals surface area (Å²) >= 11 is 0. The fourth-order valence-corrected chi connectivity index (χ4v) is 2.33. The number of ether oxygens (including phenoxy) is 1. The van der Waals surface area contributed by atoms with Gasteiger partial charge in [-0.25, -0.2) is 0 Å². The lowest BCUT2D eigenvalue weighted by Crippen LogP contribution is -2.22. The van der Waals surface area contributed by atoms with E-state index in [1.54, 1.807) is 26.1 Å². The zero-order chi connectivity index (χ0) is 17.4. The normalized spacial score (nSPS) is 9.65. The third kappa shape index (κ3) is 4.35. The highest BCUT2D eigenvalue weighted by atomic mass is 16.5. The van der Waals surface area contributed by atoms with Crippen molar-refractivity contribution in [3.8, 4) is 16.9 Å². The Morgan fingerprint density at radius 3 is 2.26 bits per heavy atom. The molecular weight excluding hydrogens is 286 g/mol. The molecule has 0 fully saturated rings. The lowest BCUT2D eigenvalue weighted by molar-refractivity contribution is 0.0828. The van der Waals surface area contributed by atoms with E-state index in [4.69, 9.17) is 4.74 Å². The molecule has 0 atom stereocenters. The van der Waals surface area contributed by atoms with E-state index in [9.17, 15) is 4.79 Å². The van der Waals surface area contributed by atoms with E-state index in [-0.39, 0.29) is 5.91 Å². The van der Waals surface area contributed by atoms with Crippen LogP contribution in [0.2, 0.25) is 0 Å². The molecule has 0 spiro atoms. The van der Waals surface area contributed by atoms with Gasteiger partial charge in [0.2, 0.25) is 0 Å². The summed E-state index contributed by atoms with van der Waals surface area (Å²) in [5, 5.41) is 0. The van der Waals surface area contributed by atoms with Crippen molar-refractivity contribution in [2.24, 2.45) is 0 Å². The summed E-state index contributed by atoms with van der Waals surface area (Å²) in [6.07, 6.45) is 0.929. The van der Waals surface area contributed by atoms with E-state index in [2.05, 4.69) is 13.0 Å². The molecule has 0 bridgehead atoms. The molecule has 0 unspecified atom stereocenters. The molecule has 124 valence electrons. The number of para-hydroxylation sites is 1. The molecule has 0 saturated carbocycles. The Balaban J connectivity index is 0.00000127. The number of aryl methyl sites for hydroxylation is 1. The van der Waals surface area contributed by atoms with Crippen molar-refractivity contribution in [3.63, 3.8) is 0 Å². The average molecular weight is 313 g/mol. The molecule has 0 heterocycles. The van der Waals surface area contributed by atoms with E-state index in [0.29, 0.717) is 5.56 Å². The molecule has 3 heteroatoms. The second-order valence-electron chi connectivity index (χ2n) is 5.13. The van der Waals surface area contributed by atoms with Crippen molar-refractivity contribution in [2.45, 2.75) is 27.2 Å². The number of hydrogen-bond donors (Lipinski definition) is 0. The monoisotopic (exact) mass is 313 g/mol. The molecule has 23 heavy (non-hydrogen) atoms. The quantitative estimate of drug-likeness (QED) is 0.822. The zero-order valence-corrected chi connectivity index (χ0v) is 15.0. The topological polar surface area (TPSA) is 29.5 Å². The number of rotatable bonds is 4. The van der Waals surface area contributed by atoms with Crippen molar-refractivity contribution in [3.05, 3.63) is 53.6 Å². The minimum Gasteiger partial charge on any atom is -0.496 e. The Hall–Kier alpha value is -2.29. The van der Waals surface area contributed by atoms with Gasteiger partial charge < -0.3 is 9.64 Å². The molecule has 0 saturated heterocycles. The summed E-state index contributed by atoms with van der Waals surface area (Å²) in [5.74, 6) is 0.775. The molecule has 0 aliphatic heterocycles. The summed E-state index contributed by atoms with van der Waals surface area (Å²) < 4.78 is 5.44. The van der Waals surface area contributed by atoms with Gasteiger partial charge in [0.25, 0.3) is 5.91 Å². The predicted molar refractivity (Wildman–Crippen MR) is 97.2 cm³/mol. The first-order valence-corrected chi connectivity index (χ1v) is 8.06. The maximum Gasteiger partial charge on any atom is 0.253 e. The first-order valence-electron chi connectivity index (χ1n) is 8.06. The number of amides is 1. The largest absolute Gasteiger partial charge is 0.496 e. The Morgan fingerprint density at radius 2 is 1.70 bits per heavy atom. The molecule has 0 radical (unpaired) electrons. The van der Waals surface area contributed by atoms with Gasteiger partial charge in [0.1, 0.15) is 5.75 Å². The van der Waals surface area contributed by atoms with Crippen LogP contribution in [0.1, 0.15) is 36.7 Å². The Labute approximate surface area is 139 Å². The maximum absolute atomic E-state index is 12.4. The van der Waals surface area contributed by atoms with Crippen LogP contribution < -0.4 is 4.74 Å². The van der Waals surface area contributed by atoms with E-state index in [1.165, 1.54) is 5.56 Å². The summed E-state index contributed by atoms with van der Waals surface area (Å²) in [5.41, 5.74) is 3.76. The highest BCUT2D eigenvalue weighted by molar-refractivity contribution is 6.01. The molecule has 0 aliphatic rings. The zero-order valence-electron chi connectivity index (χ0n) is 15.0. The van der Waals surface area contributed by atoms with Gasteiger partial charge in [-0.1, -0.05) is 51.1 Å². The van der Waals surface area contributed by atoms with Crippen LogP contribution in [-0.4, -0.2) is 32.0 Å². The van der Waals surface area contributed by atoms with Crippen LogP contribution in [0.15, 0.2) is 42.5 Å². The lowest BCUT2D eigenvalue weighted by atomic mass is 9.95. The minimum atomic E-state index is -0.00133. The van der Waals surface area contributed by atoms with Crippen molar-refractivity contribution in [1.29, 1.82) is 0 Å². The van der Waals surface area contributed by atoms with Crippen LogP contribution in [0, 0.1) is 0 Å². The SMILES string of the molecule is CC.CCc1ccc(C(=O)N(C)C)c(-c2ccccc2OC)c1. The standard InChI is InChI=1S/C18H21NO2.C2H6/c1-5-13-10-11-15(18(20)19(2)3)16(12-13)14-8-6-7-9-17(14)21-4;1-2/h6-12H,5H2,1-4H3;1-2H3. The molecule has 3 nitrogen and oxygen atoms in total. The fourth-order valence-electron chi connectivity index (χ4n) is 2.33. The Bertz CT molecular complexity index is 648. The third-order valence-electron chi connectivity index (χ3n) is 3.53. The summed E-state index contributed by atoms with van der Waals surface area (Å²) in [6, 6.07) is 13.8. The van der Waals surface area contributed by atoms with Crippen LogP contribution in [-0.2, 0) is 6.42 Å².